The molecule has 0 atom stereocenters. The van der Waals surface area contributed by atoms with Gasteiger partial charge < -0.3 is 10.1 Å². The van der Waals surface area contributed by atoms with Gasteiger partial charge in [-0.2, -0.15) is 0 Å². The summed E-state index contributed by atoms with van der Waals surface area (Å²) in [6.45, 7) is 5.09. The summed E-state index contributed by atoms with van der Waals surface area (Å²) >= 11 is 5.79. The monoisotopic (exact) mass is 307 g/mol. The summed E-state index contributed by atoms with van der Waals surface area (Å²) in [5.74, 6) is 0.411. The van der Waals surface area contributed by atoms with Gasteiger partial charge in [0, 0.05) is 12.1 Å². The van der Waals surface area contributed by atoms with E-state index in [4.69, 9.17) is 16.3 Å². The van der Waals surface area contributed by atoms with Crippen LogP contribution in [0.1, 0.15) is 24.5 Å². The molecule has 2 aromatic rings. The first-order chi connectivity index (χ1) is 10.1. The Kier molecular flexibility index (Phi) is 5.45. The van der Waals surface area contributed by atoms with E-state index in [0.29, 0.717) is 18.7 Å². The molecule has 0 aliphatic rings. The fraction of sp³-hybridized carbons (Fsp3) is 0.294. The lowest BCUT2D eigenvalue weighted by atomic mass is 10.2. The summed E-state index contributed by atoms with van der Waals surface area (Å²) in [4.78, 5) is 0. The Hall–Kier alpha value is -1.74. The molecule has 112 valence electrons. The first-order valence-electron chi connectivity index (χ1n) is 7.02. The third-order valence-electron chi connectivity index (χ3n) is 3.10. The molecular formula is C17H19ClFNO. The maximum Gasteiger partial charge on any atom is 0.146 e. The van der Waals surface area contributed by atoms with Crippen LogP contribution in [0, 0.1) is 12.7 Å². The molecule has 0 aliphatic heterocycles. The molecule has 0 aromatic heterocycles. The molecular weight excluding hydrogens is 289 g/mol. The molecule has 0 saturated carbocycles. The van der Waals surface area contributed by atoms with Crippen molar-refractivity contribution in [2.24, 2.45) is 0 Å². The van der Waals surface area contributed by atoms with Crippen molar-refractivity contribution in [3.63, 3.8) is 0 Å². The van der Waals surface area contributed by atoms with E-state index in [1.807, 2.05) is 25.1 Å². The van der Waals surface area contributed by atoms with Gasteiger partial charge in [-0.1, -0.05) is 36.7 Å². The van der Waals surface area contributed by atoms with Crippen LogP contribution < -0.4 is 10.1 Å². The number of benzene rings is 2. The molecule has 0 saturated heterocycles. The zero-order valence-corrected chi connectivity index (χ0v) is 13.0. The number of nitrogens with one attached hydrogen (secondary N) is 1. The van der Waals surface area contributed by atoms with E-state index in [9.17, 15) is 4.39 Å². The largest absolute Gasteiger partial charge is 0.491 e. The average Bonchev–Trinajstić information content (AvgIpc) is 2.48. The van der Waals surface area contributed by atoms with Gasteiger partial charge in [0.2, 0.25) is 0 Å². The second-order valence-electron chi connectivity index (χ2n) is 4.91. The van der Waals surface area contributed by atoms with Crippen molar-refractivity contribution in [2.75, 3.05) is 11.9 Å². The lowest BCUT2D eigenvalue weighted by molar-refractivity contribution is 0.318. The van der Waals surface area contributed by atoms with E-state index in [-0.39, 0.29) is 10.8 Å². The minimum atomic E-state index is -0.380. The number of aryl methyl sites for hydroxylation is 1. The minimum Gasteiger partial charge on any atom is -0.491 e. The van der Waals surface area contributed by atoms with Gasteiger partial charge in [0.1, 0.15) is 11.6 Å². The topological polar surface area (TPSA) is 21.3 Å². The predicted octanol–water partition coefficient (Wildman–Crippen LogP) is 5.19. The van der Waals surface area contributed by atoms with Gasteiger partial charge in [-0.3, -0.25) is 0 Å². The van der Waals surface area contributed by atoms with Crippen LogP contribution in [-0.2, 0) is 6.54 Å². The number of hydrogen-bond acceptors (Lipinski definition) is 2. The number of ether oxygens (including phenoxy) is 1. The van der Waals surface area contributed by atoms with Crippen LogP contribution in [0.4, 0.5) is 10.1 Å². The van der Waals surface area contributed by atoms with Crippen molar-refractivity contribution < 1.29 is 9.13 Å². The first-order valence-corrected chi connectivity index (χ1v) is 7.39. The molecule has 0 aliphatic carbocycles. The summed E-state index contributed by atoms with van der Waals surface area (Å²) in [6.07, 6.45) is 0.941. The molecule has 2 aromatic carbocycles. The molecule has 21 heavy (non-hydrogen) atoms. The summed E-state index contributed by atoms with van der Waals surface area (Å²) in [6, 6.07) is 10.9. The van der Waals surface area contributed by atoms with Gasteiger partial charge in [-0.15, -0.1) is 0 Å². The van der Waals surface area contributed by atoms with Gasteiger partial charge in [0.05, 0.1) is 17.3 Å². The smallest absolute Gasteiger partial charge is 0.146 e. The van der Waals surface area contributed by atoms with Gasteiger partial charge in [0.15, 0.2) is 0 Å². The van der Waals surface area contributed by atoms with Crippen molar-refractivity contribution in [3.05, 3.63) is 58.4 Å². The Bertz CT molecular complexity index is 616. The zero-order chi connectivity index (χ0) is 15.2. The molecule has 0 radical (unpaired) electrons. The van der Waals surface area contributed by atoms with Crippen LogP contribution >= 0.6 is 11.6 Å². The van der Waals surface area contributed by atoms with E-state index in [1.165, 1.54) is 0 Å². The maximum atomic E-state index is 13.9. The Morgan fingerprint density at radius 2 is 2.05 bits per heavy atom. The van der Waals surface area contributed by atoms with Crippen molar-refractivity contribution in [1.82, 2.24) is 0 Å². The lowest BCUT2D eigenvalue weighted by Crippen LogP contribution is -2.05. The van der Waals surface area contributed by atoms with Crippen LogP contribution in [0.25, 0.3) is 0 Å². The van der Waals surface area contributed by atoms with E-state index in [2.05, 4.69) is 12.2 Å². The normalized spacial score (nSPS) is 10.5. The second-order valence-corrected chi connectivity index (χ2v) is 5.32. The standard InChI is InChI=1S/C17H19ClFNO/c1-3-9-21-16-10-12(2)7-8-15(16)20-11-13-5-4-6-14(18)17(13)19/h4-8,10,20H,3,9,11H2,1-2H3. The van der Waals surface area contributed by atoms with Gasteiger partial charge in [-0.05, 0) is 37.1 Å². The van der Waals surface area contributed by atoms with E-state index in [1.54, 1.807) is 18.2 Å². The molecule has 0 unspecified atom stereocenters. The highest BCUT2D eigenvalue weighted by Crippen LogP contribution is 2.27. The Balaban J connectivity index is 2.14. The Morgan fingerprint density at radius 3 is 2.81 bits per heavy atom. The van der Waals surface area contributed by atoms with Crippen LogP contribution in [-0.4, -0.2) is 6.61 Å². The second kappa shape index (κ2) is 7.32. The van der Waals surface area contributed by atoms with Crippen LogP contribution in [0.2, 0.25) is 5.02 Å². The average molecular weight is 308 g/mol. The van der Waals surface area contributed by atoms with Gasteiger partial charge in [0.25, 0.3) is 0 Å². The number of halogens is 2. The molecule has 2 nitrogen and oxygen atoms in total. The SMILES string of the molecule is CCCOc1cc(C)ccc1NCc1cccc(Cl)c1F. The van der Waals surface area contributed by atoms with Crippen molar-refractivity contribution in [3.8, 4) is 5.75 Å². The predicted molar refractivity (Wildman–Crippen MR) is 85.7 cm³/mol. The fourth-order valence-corrected chi connectivity index (χ4v) is 2.18. The highest BCUT2D eigenvalue weighted by atomic mass is 35.5. The minimum absolute atomic E-state index is 0.140. The van der Waals surface area contributed by atoms with Gasteiger partial charge in [-0.25, -0.2) is 4.39 Å². The first kappa shape index (κ1) is 15.6. The molecule has 0 fully saturated rings. The molecule has 0 spiro atoms. The molecule has 0 heterocycles. The van der Waals surface area contributed by atoms with Crippen LogP contribution in [0.5, 0.6) is 5.75 Å². The van der Waals surface area contributed by atoms with Crippen molar-refractivity contribution >= 4 is 17.3 Å². The fourth-order valence-electron chi connectivity index (χ4n) is 1.98. The summed E-state index contributed by atoms with van der Waals surface area (Å²) in [5, 5.41) is 3.35. The number of rotatable bonds is 6. The number of hydrogen-bond donors (Lipinski definition) is 1. The molecule has 1 N–H and O–H groups in total. The van der Waals surface area contributed by atoms with Gasteiger partial charge >= 0.3 is 0 Å². The van der Waals surface area contributed by atoms with E-state index >= 15 is 0 Å². The Morgan fingerprint density at radius 1 is 1.24 bits per heavy atom. The van der Waals surface area contributed by atoms with E-state index < -0.39 is 0 Å². The maximum absolute atomic E-state index is 13.9. The van der Waals surface area contributed by atoms with Crippen molar-refractivity contribution in [1.29, 1.82) is 0 Å². The summed E-state index contributed by atoms with van der Waals surface area (Å²) in [7, 11) is 0. The van der Waals surface area contributed by atoms with Crippen LogP contribution in [0.3, 0.4) is 0 Å². The molecule has 0 bridgehead atoms. The molecule has 2 rings (SSSR count). The lowest BCUT2D eigenvalue weighted by Gasteiger charge is -2.14. The highest BCUT2D eigenvalue weighted by molar-refractivity contribution is 6.30. The third-order valence-corrected chi connectivity index (χ3v) is 3.39. The quantitative estimate of drug-likeness (QED) is 0.793. The van der Waals surface area contributed by atoms with Crippen molar-refractivity contribution in [2.45, 2.75) is 26.8 Å². The Labute approximate surface area is 129 Å². The van der Waals surface area contributed by atoms with E-state index in [0.717, 1.165) is 23.4 Å². The highest BCUT2D eigenvalue weighted by Gasteiger charge is 2.08. The zero-order valence-electron chi connectivity index (χ0n) is 12.2. The summed E-state index contributed by atoms with van der Waals surface area (Å²) < 4.78 is 19.6. The molecule has 0 amide bonds. The third kappa shape index (κ3) is 4.11. The molecule has 4 heteroatoms. The summed E-state index contributed by atoms with van der Waals surface area (Å²) in [5.41, 5.74) is 2.51. The van der Waals surface area contributed by atoms with Crippen LogP contribution in [0.15, 0.2) is 36.4 Å². The number of anilines is 1.